The van der Waals surface area contributed by atoms with Crippen molar-refractivity contribution in [2.45, 2.75) is 65.1 Å². The van der Waals surface area contributed by atoms with E-state index in [1.807, 2.05) is 57.2 Å². The number of pyridine rings is 1. The third-order valence-corrected chi connectivity index (χ3v) is 8.39. The summed E-state index contributed by atoms with van der Waals surface area (Å²) < 4.78 is 5.68. The number of nitrogens with one attached hydrogen (secondary N) is 3. The molecule has 45 heavy (non-hydrogen) atoms. The molecule has 0 unspecified atom stereocenters. The van der Waals surface area contributed by atoms with Crippen LogP contribution in [0.1, 0.15) is 46.1 Å². The number of hydrogen-bond acceptors (Lipinski definition) is 9. The van der Waals surface area contributed by atoms with Crippen LogP contribution in [0.25, 0.3) is 21.8 Å². The fraction of sp³-hybridized carbons (Fsp3) is 0.412. The maximum Gasteiger partial charge on any atom is 0.246 e. The van der Waals surface area contributed by atoms with Gasteiger partial charge in [0.25, 0.3) is 0 Å². The fourth-order valence-electron chi connectivity index (χ4n) is 5.72. The number of rotatable bonds is 10. The number of hydrogen-bond donors (Lipinski definition) is 3. The molecule has 11 nitrogen and oxygen atoms in total. The molecule has 0 radical (unpaired) electrons. The van der Waals surface area contributed by atoms with Crippen molar-refractivity contribution >= 4 is 50.9 Å². The molecule has 2 aromatic heterocycles. The Morgan fingerprint density at radius 1 is 1.07 bits per heavy atom. The first-order chi connectivity index (χ1) is 21.5. The minimum atomic E-state index is -0.778. The van der Waals surface area contributed by atoms with Gasteiger partial charge in [0, 0.05) is 35.4 Å². The monoisotopic (exact) mass is 611 g/mol. The van der Waals surface area contributed by atoms with Gasteiger partial charge in [0.1, 0.15) is 23.9 Å². The molecule has 236 valence electrons. The fourth-order valence-corrected chi connectivity index (χ4v) is 5.72. The number of ether oxygens (including phenoxy) is 1. The highest BCUT2D eigenvalue weighted by molar-refractivity contribution is 5.97. The van der Waals surface area contributed by atoms with E-state index < -0.39 is 23.5 Å². The summed E-state index contributed by atoms with van der Waals surface area (Å²) >= 11 is 0. The molecule has 1 fully saturated rings. The van der Waals surface area contributed by atoms with E-state index in [2.05, 4.69) is 30.9 Å². The summed E-state index contributed by atoms with van der Waals surface area (Å²) in [5.74, 6) is 0.505. The van der Waals surface area contributed by atoms with Gasteiger partial charge in [-0.25, -0.2) is 9.97 Å². The Hall–Kier alpha value is -4.64. The SMILES string of the molecule is CN[C@@H](C)C(=O)N[C@H](C(=O)N1CCC[C@H]1C(=O)Cc1cc2c(Nc3cnc4ccccc4c3)ncnc2cc1OC)C(C)(C)C. The number of likely N-dealkylation sites (N-methyl/N-ethyl adjacent to an activating group) is 1. The van der Waals surface area contributed by atoms with Crippen molar-refractivity contribution in [2.75, 3.05) is 26.0 Å². The van der Waals surface area contributed by atoms with Gasteiger partial charge in [0.15, 0.2) is 5.78 Å². The van der Waals surface area contributed by atoms with E-state index in [-0.39, 0.29) is 24.0 Å². The lowest BCUT2D eigenvalue weighted by Gasteiger charge is -2.36. The Kier molecular flexibility index (Phi) is 9.29. The summed E-state index contributed by atoms with van der Waals surface area (Å²) in [7, 11) is 3.25. The normalized spacial score (nSPS) is 16.4. The van der Waals surface area contributed by atoms with Crippen LogP contribution in [0.2, 0.25) is 0 Å². The van der Waals surface area contributed by atoms with Crippen LogP contribution >= 0.6 is 0 Å². The molecular weight excluding hydrogens is 570 g/mol. The summed E-state index contributed by atoms with van der Waals surface area (Å²) in [6.07, 6.45) is 4.55. The zero-order valence-corrected chi connectivity index (χ0v) is 26.7. The van der Waals surface area contributed by atoms with Crippen LogP contribution in [0.15, 0.2) is 55.0 Å². The number of benzene rings is 2. The van der Waals surface area contributed by atoms with Crippen LogP contribution in [0, 0.1) is 5.41 Å². The molecule has 11 heteroatoms. The number of Topliss-reactive ketones (excluding diaryl/α,β-unsaturated/α-hetero) is 1. The van der Waals surface area contributed by atoms with Crippen molar-refractivity contribution in [3.8, 4) is 5.75 Å². The van der Waals surface area contributed by atoms with Gasteiger partial charge in [-0.15, -0.1) is 0 Å². The second-order valence-electron chi connectivity index (χ2n) is 12.6. The van der Waals surface area contributed by atoms with E-state index in [4.69, 9.17) is 4.74 Å². The Bertz CT molecular complexity index is 1740. The number of methoxy groups -OCH3 is 1. The molecule has 0 bridgehead atoms. The van der Waals surface area contributed by atoms with Gasteiger partial charge in [0.2, 0.25) is 11.8 Å². The van der Waals surface area contributed by atoms with E-state index in [1.165, 1.54) is 6.33 Å². The summed E-state index contributed by atoms with van der Waals surface area (Å²) in [6, 6.07) is 11.7. The van der Waals surface area contributed by atoms with Gasteiger partial charge in [-0.3, -0.25) is 19.4 Å². The predicted octanol–water partition coefficient (Wildman–Crippen LogP) is 4.17. The van der Waals surface area contributed by atoms with Gasteiger partial charge in [-0.05, 0) is 50.4 Å². The standard InChI is InChI=1S/C34H41N7O4/c1-20(35-5)32(43)40-30(34(2,3)4)33(44)41-13-9-12-27(41)28(42)16-22-15-24-26(17-29(22)45-6)37-19-38-31(24)39-23-14-21-10-7-8-11-25(21)36-18-23/h7-8,10-11,14-15,17-20,27,30,35H,9,12-13,16H2,1-6H3,(H,40,43)(H,37,38,39)/t20-,27-,30+/m0/s1. The average molecular weight is 612 g/mol. The van der Waals surface area contributed by atoms with Crippen molar-refractivity contribution in [1.82, 2.24) is 30.5 Å². The summed E-state index contributed by atoms with van der Waals surface area (Å²) in [5.41, 5.74) is 2.44. The molecule has 3 atom stereocenters. The quantitative estimate of drug-likeness (QED) is 0.241. The molecule has 0 spiro atoms. The molecule has 2 aromatic carbocycles. The van der Waals surface area contributed by atoms with Gasteiger partial charge in [-0.2, -0.15) is 0 Å². The zero-order chi connectivity index (χ0) is 32.3. The lowest BCUT2D eigenvalue weighted by molar-refractivity contribution is -0.143. The number of para-hydroxylation sites is 1. The second kappa shape index (κ2) is 13.2. The summed E-state index contributed by atoms with van der Waals surface area (Å²) in [5, 5.41) is 10.9. The molecule has 1 aliphatic rings. The number of carbonyl (C=O) groups excluding carboxylic acids is 3. The maximum atomic E-state index is 13.9. The Balaban J connectivity index is 1.40. The molecule has 1 saturated heterocycles. The number of aromatic nitrogens is 3. The molecule has 1 aliphatic heterocycles. The van der Waals surface area contributed by atoms with Crippen LogP contribution in [-0.4, -0.2) is 76.3 Å². The second-order valence-corrected chi connectivity index (χ2v) is 12.6. The first kappa shape index (κ1) is 31.8. The molecule has 4 aromatic rings. The maximum absolute atomic E-state index is 13.9. The first-order valence-corrected chi connectivity index (χ1v) is 15.2. The van der Waals surface area contributed by atoms with Crippen molar-refractivity contribution in [1.29, 1.82) is 0 Å². The smallest absolute Gasteiger partial charge is 0.246 e. The average Bonchev–Trinajstić information content (AvgIpc) is 3.52. The molecule has 3 heterocycles. The van der Waals surface area contributed by atoms with E-state index in [0.29, 0.717) is 42.0 Å². The first-order valence-electron chi connectivity index (χ1n) is 15.2. The van der Waals surface area contributed by atoms with Gasteiger partial charge in [0.05, 0.1) is 42.1 Å². The predicted molar refractivity (Wildman–Crippen MR) is 174 cm³/mol. The summed E-state index contributed by atoms with van der Waals surface area (Å²) in [6.45, 7) is 7.93. The lowest BCUT2D eigenvalue weighted by Crippen LogP contribution is -2.58. The number of anilines is 2. The van der Waals surface area contributed by atoms with Gasteiger partial charge >= 0.3 is 0 Å². The van der Waals surface area contributed by atoms with Crippen LogP contribution < -0.4 is 20.7 Å². The molecular formula is C34H41N7O4. The van der Waals surface area contributed by atoms with Crippen molar-refractivity contribution in [3.05, 3.63) is 60.6 Å². The highest BCUT2D eigenvalue weighted by atomic mass is 16.5. The van der Waals surface area contributed by atoms with E-state index in [9.17, 15) is 14.4 Å². The number of fused-ring (bicyclic) bond motifs is 2. The van der Waals surface area contributed by atoms with Crippen LogP contribution in [0.4, 0.5) is 11.5 Å². The Morgan fingerprint density at radius 2 is 1.84 bits per heavy atom. The van der Waals surface area contributed by atoms with E-state index in [1.54, 1.807) is 38.2 Å². The third-order valence-electron chi connectivity index (χ3n) is 8.39. The van der Waals surface area contributed by atoms with Crippen molar-refractivity contribution < 1.29 is 19.1 Å². The Morgan fingerprint density at radius 3 is 2.58 bits per heavy atom. The largest absolute Gasteiger partial charge is 0.496 e. The Labute approximate surface area is 263 Å². The lowest BCUT2D eigenvalue weighted by atomic mass is 9.85. The van der Waals surface area contributed by atoms with Gasteiger partial charge in [-0.1, -0.05) is 39.0 Å². The number of likely N-dealkylation sites (tertiary alicyclic amines) is 1. The zero-order valence-electron chi connectivity index (χ0n) is 26.7. The van der Waals surface area contributed by atoms with Crippen LogP contribution in [-0.2, 0) is 20.8 Å². The number of carbonyl (C=O) groups is 3. The number of amides is 2. The minimum Gasteiger partial charge on any atom is -0.496 e. The molecule has 5 rings (SSSR count). The van der Waals surface area contributed by atoms with Crippen molar-refractivity contribution in [2.24, 2.45) is 5.41 Å². The summed E-state index contributed by atoms with van der Waals surface area (Å²) in [4.78, 5) is 55.6. The molecule has 2 amide bonds. The van der Waals surface area contributed by atoms with Crippen LogP contribution in [0.5, 0.6) is 5.75 Å². The van der Waals surface area contributed by atoms with Gasteiger partial charge < -0.3 is 25.6 Å². The topological polar surface area (TPSA) is 138 Å². The molecule has 0 aliphatic carbocycles. The van der Waals surface area contributed by atoms with E-state index >= 15 is 0 Å². The third kappa shape index (κ3) is 6.88. The highest BCUT2D eigenvalue weighted by Crippen LogP contribution is 2.32. The van der Waals surface area contributed by atoms with Crippen molar-refractivity contribution in [3.63, 3.8) is 0 Å². The van der Waals surface area contributed by atoms with Crippen LogP contribution in [0.3, 0.4) is 0 Å². The minimum absolute atomic E-state index is 0.0583. The highest BCUT2D eigenvalue weighted by Gasteiger charge is 2.42. The van der Waals surface area contributed by atoms with E-state index in [0.717, 1.165) is 22.0 Å². The number of ketones is 1. The number of nitrogens with zero attached hydrogens (tertiary/aromatic N) is 4. The molecule has 0 saturated carbocycles. The molecule has 3 N–H and O–H groups in total.